The van der Waals surface area contributed by atoms with E-state index in [9.17, 15) is 13.2 Å². The minimum Gasteiger partial charge on any atom is -0.494 e. The average Bonchev–Trinajstić information content (AvgIpc) is 3.72. The van der Waals surface area contributed by atoms with Crippen molar-refractivity contribution in [3.63, 3.8) is 0 Å². The number of carbonyl (C=O) groups is 1. The van der Waals surface area contributed by atoms with Crippen molar-refractivity contribution in [3.05, 3.63) is 77.5 Å². The van der Waals surface area contributed by atoms with Crippen LogP contribution in [0.1, 0.15) is 47.2 Å². The summed E-state index contributed by atoms with van der Waals surface area (Å²) in [5.41, 5.74) is 8.81. The van der Waals surface area contributed by atoms with E-state index in [0.29, 0.717) is 36.0 Å². The predicted octanol–water partition coefficient (Wildman–Crippen LogP) is 5.65. The number of likely N-dealkylation sites (tertiary alicyclic amines) is 1. The Morgan fingerprint density at radius 3 is 2.65 bits per heavy atom. The van der Waals surface area contributed by atoms with E-state index in [4.69, 9.17) is 15.2 Å². The zero-order chi connectivity index (χ0) is 32.2. The van der Waals surface area contributed by atoms with Crippen molar-refractivity contribution < 1.29 is 17.9 Å². The van der Waals surface area contributed by atoms with Crippen LogP contribution in [0.4, 0.5) is 0 Å². The van der Waals surface area contributed by atoms with Crippen LogP contribution in [-0.4, -0.2) is 65.6 Å². The maximum atomic E-state index is 13.5. The van der Waals surface area contributed by atoms with Crippen molar-refractivity contribution >= 4 is 38.1 Å². The van der Waals surface area contributed by atoms with Gasteiger partial charge < -0.3 is 19.6 Å². The number of hydrogen-bond donors (Lipinski definition) is 2. The lowest BCUT2D eigenvalue weighted by Crippen LogP contribution is -2.40. The summed E-state index contributed by atoms with van der Waals surface area (Å²) >= 11 is 0. The maximum Gasteiger partial charge on any atom is 0.255 e. The highest BCUT2D eigenvalue weighted by atomic mass is 32.2. The van der Waals surface area contributed by atoms with Gasteiger partial charge in [0.1, 0.15) is 17.0 Å². The van der Waals surface area contributed by atoms with Crippen LogP contribution in [0.5, 0.6) is 5.75 Å². The van der Waals surface area contributed by atoms with Crippen molar-refractivity contribution in [1.82, 2.24) is 23.8 Å². The second kappa shape index (κ2) is 11.7. The van der Waals surface area contributed by atoms with Gasteiger partial charge in [0, 0.05) is 48.0 Å². The molecule has 238 valence electrons. The van der Waals surface area contributed by atoms with E-state index in [1.807, 2.05) is 31.2 Å². The lowest BCUT2D eigenvalue weighted by Gasteiger charge is -2.27. The Hall–Kier alpha value is -4.48. The number of hydrogen-bond acceptors (Lipinski definition) is 6. The number of nitrogens with zero attached hydrogens (tertiary/aromatic N) is 4. The summed E-state index contributed by atoms with van der Waals surface area (Å²) in [6, 6.07) is 18.4. The van der Waals surface area contributed by atoms with Crippen LogP contribution in [0.3, 0.4) is 0 Å². The van der Waals surface area contributed by atoms with Gasteiger partial charge in [-0.1, -0.05) is 30.3 Å². The molecule has 0 radical (unpaired) electrons. The largest absolute Gasteiger partial charge is 0.494 e. The Kier molecular flexibility index (Phi) is 7.68. The number of benzene rings is 2. The number of aryl methyl sites for hydroxylation is 1. The molecular weight excluding hydrogens is 600 g/mol. The van der Waals surface area contributed by atoms with Gasteiger partial charge in [-0.3, -0.25) is 4.79 Å². The number of methoxy groups -OCH3 is 1. The minimum atomic E-state index is -3.29. The third kappa shape index (κ3) is 5.92. The number of amides is 1. The van der Waals surface area contributed by atoms with Crippen molar-refractivity contribution in [2.24, 2.45) is 5.92 Å². The lowest BCUT2D eigenvalue weighted by molar-refractivity contribution is 0.0767. The molecule has 1 saturated heterocycles. The van der Waals surface area contributed by atoms with Crippen molar-refractivity contribution in [2.75, 3.05) is 26.5 Å². The number of aromatic nitrogens is 3. The molecule has 10 nitrogen and oxygen atoms in total. The Morgan fingerprint density at radius 1 is 1.11 bits per heavy atom. The van der Waals surface area contributed by atoms with E-state index in [-0.39, 0.29) is 12.5 Å². The van der Waals surface area contributed by atoms with Gasteiger partial charge in [-0.05, 0) is 79.5 Å². The van der Waals surface area contributed by atoms with Gasteiger partial charge in [-0.2, -0.15) is 5.10 Å². The van der Waals surface area contributed by atoms with Gasteiger partial charge in [0.15, 0.2) is 0 Å². The molecule has 5 aromatic rings. The fourth-order valence-electron chi connectivity index (χ4n) is 6.49. The number of ether oxygens (including phenoxy) is 1. The molecule has 4 heterocycles. The monoisotopic (exact) mass is 638 g/mol. The Labute approximate surface area is 268 Å². The molecule has 1 saturated carbocycles. The first-order valence-corrected chi connectivity index (χ1v) is 17.6. The summed E-state index contributed by atoms with van der Waals surface area (Å²) < 4.78 is 35.8. The van der Waals surface area contributed by atoms with Crippen LogP contribution in [0, 0.1) is 18.3 Å². The topological polar surface area (TPSA) is 122 Å². The number of rotatable bonds is 9. The Bertz CT molecular complexity index is 2130. The second-order valence-electron chi connectivity index (χ2n) is 12.6. The smallest absolute Gasteiger partial charge is 0.255 e. The highest BCUT2D eigenvalue weighted by molar-refractivity contribution is 7.88. The summed E-state index contributed by atoms with van der Waals surface area (Å²) in [6.45, 7) is 4.16. The van der Waals surface area contributed by atoms with E-state index in [1.165, 1.54) is 19.1 Å². The molecule has 2 aromatic carbocycles. The average molecular weight is 639 g/mol. The molecule has 1 aliphatic carbocycles. The van der Waals surface area contributed by atoms with Crippen LogP contribution >= 0.6 is 0 Å². The van der Waals surface area contributed by atoms with E-state index in [2.05, 4.69) is 33.6 Å². The van der Waals surface area contributed by atoms with Crippen molar-refractivity contribution in [3.8, 4) is 28.3 Å². The van der Waals surface area contributed by atoms with Crippen LogP contribution < -0.4 is 9.46 Å². The molecule has 2 N–H and O–H groups in total. The molecule has 0 bridgehead atoms. The first-order valence-electron chi connectivity index (χ1n) is 15.7. The Morgan fingerprint density at radius 2 is 1.91 bits per heavy atom. The molecule has 1 amide bonds. The number of piperidine rings is 1. The SMILES string of the molecule is COc1cc(C(=O)N2CCCC(=N)C2)cn2nc(-c3cc4ccc(-c5cccc(CNS(C)(=O)=O)c5)cc4n3CC3CC3)c(C)c12. The van der Waals surface area contributed by atoms with E-state index in [0.717, 1.165) is 69.4 Å². The second-order valence-corrected chi connectivity index (χ2v) is 14.5. The van der Waals surface area contributed by atoms with Crippen LogP contribution in [0.25, 0.3) is 38.9 Å². The normalized spacial score (nSPS) is 15.6. The van der Waals surface area contributed by atoms with Gasteiger partial charge >= 0.3 is 0 Å². The van der Waals surface area contributed by atoms with E-state index in [1.54, 1.807) is 28.8 Å². The molecule has 46 heavy (non-hydrogen) atoms. The number of fused-ring (bicyclic) bond motifs is 2. The first kappa shape index (κ1) is 30.2. The fraction of sp³-hybridized carbons (Fsp3) is 0.343. The summed E-state index contributed by atoms with van der Waals surface area (Å²) in [6.07, 6.45) is 6.88. The first-order chi connectivity index (χ1) is 22.1. The lowest BCUT2D eigenvalue weighted by atomic mass is 10.0. The predicted molar refractivity (Wildman–Crippen MR) is 180 cm³/mol. The number of nitrogens with one attached hydrogen (secondary N) is 2. The van der Waals surface area contributed by atoms with E-state index < -0.39 is 10.0 Å². The molecule has 0 spiro atoms. The number of sulfonamides is 1. The van der Waals surface area contributed by atoms with Gasteiger partial charge in [-0.25, -0.2) is 17.7 Å². The molecule has 7 rings (SSSR count). The van der Waals surface area contributed by atoms with Crippen molar-refractivity contribution in [1.29, 1.82) is 5.41 Å². The molecular formula is C35H38N6O4S. The zero-order valence-electron chi connectivity index (χ0n) is 26.3. The minimum absolute atomic E-state index is 0.120. The molecule has 2 aliphatic rings. The summed E-state index contributed by atoms with van der Waals surface area (Å²) in [4.78, 5) is 15.2. The number of carbonyl (C=O) groups excluding carboxylic acids is 1. The maximum absolute atomic E-state index is 13.5. The highest BCUT2D eigenvalue weighted by Gasteiger charge is 2.28. The molecule has 2 fully saturated rings. The van der Waals surface area contributed by atoms with Gasteiger partial charge in [0.05, 0.1) is 31.2 Å². The van der Waals surface area contributed by atoms with Crippen molar-refractivity contribution in [2.45, 2.75) is 45.7 Å². The van der Waals surface area contributed by atoms with Gasteiger partial charge in [0.25, 0.3) is 5.91 Å². The van der Waals surface area contributed by atoms with Gasteiger partial charge in [-0.15, -0.1) is 0 Å². The molecule has 0 atom stereocenters. The fourth-order valence-corrected chi connectivity index (χ4v) is 6.92. The van der Waals surface area contributed by atoms with Crippen LogP contribution in [-0.2, 0) is 23.1 Å². The van der Waals surface area contributed by atoms with Crippen LogP contribution in [0.2, 0.25) is 0 Å². The third-order valence-electron chi connectivity index (χ3n) is 9.05. The standard InChI is InChI=1S/C35H38N6O4S/c1-22-33(38-41-20-28(17-32(45-2)34(22)41)35(42)39-13-5-8-29(36)21-39)31-16-27-12-11-26(15-30(27)40(31)19-23-9-10-23)25-7-4-6-24(14-25)18-37-46(3,43)44/h4,6-7,11-12,14-17,20,23,36-37H,5,8-10,13,18-19,21H2,1-3H3. The van der Waals surface area contributed by atoms with E-state index >= 15 is 0 Å². The molecule has 11 heteroatoms. The summed E-state index contributed by atoms with van der Waals surface area (Å²) in [7, 11) is -1.68. The highest BCUT2D eigenvalue weighted by Crippen LogP contribution is 2.39. The number of pyridine rings is 1. The summed E-state index contributed by atoms with van der Waals surface area (Å²) in [5, 5.41) is 14.2. The summed E-state index contributed by atoms with van der Waals surface area (Å²) in [5.74, 6) is 1.08. The Balaban J connectivity index is 1.30. The van der Waals surface area contributed by atoms with Gasteiger partial charge in [0.2, 0.25) is 10.0 Å². The molecule has 0 unspecified atom stereocenters. The quantitative estimate of drug-likeness (QED) is 0.216. The zero-order valence-corrected chi connectivity index (χ0v) is 27.2. The third-order valence-corrected chi connectivity index (χ3v) is 9.72. The van der Waals surface area contributed by atoms with Crippen LogP contribution in [0.15, 0.2) is 60.8 Å². The molecule has 1 aliphatic heterocycles. The molecule has 3 aromatic heterocycles.